The van der Waals surface area contributed by atoms with E-state index in [1.54, 1.807) is 0 Å². The normalized spacial score (nSPS) is 15.4. The minimum Gasteiger partial charge on any atom is -0.366 e. The molecule has 1 aliphatic rings. The van der Waals surface area contributed by atoms with Crippen molar-refractivity contribution < 1.29 is 0 Å². The molecule has 0 bridgehead atoms. The third kappa shape index (κ3) is 3.97. The van der Waals surface area contributed by atoms with Gasteiger partial charge in [0.1, 0.15) is 17.5 Å². The van der Waals surface area contributed by atoms with Crippen LogP contribution in [0.3, 0.4) is 0 Å². The highest BCUT2D eigenvalue weighted by atomic mass is 15.2. The van der Waals surface area contributed by atoms with Gasteiger partial charge in [-0.3, -0.25) is 0 Å². The van der Waals surface area contributed by atoms with Crippen LogP contribution in [0, 0.1) is 6.92 Å². The zero-order valence-corrected chi connectivity index (χ0v) is 13.3. The van der Waals surface area contributed by atoms with Crippen molar-refractivity contribution in [2.24, 2.45) is 0 Å². The molecule has 3 rings (SSSR count). The van der Waals surface area contributed by atoms with Crippen molar-refractivity contribution in [3.8, 4) is 0 Å². The van der Waals surface area contributed by atoms with Gasteiger partial charge >= 0.3 is 0 Å². The predicted molar refractivity (Wildman–Crippen MR) is 91.2 cm³/mol. The van der Waals surface area contributed by atoms with Crippen LogP contribution in [0.2, 0.25) is 0 Å². The molecule has 116 valence electrons. The van der Waals surface area contributed by atoms with E-state index in [9.17, 15) is 0 Å². The van der Waals surface area contributed by atoms with Crippen LogP contribution >= 0.6 is 0 Å². The quantitative estimate of drug-likeness (QED) is 0.932. The van der Waals surface area contributed by atoms with Crippen molar-refractivity contribution in [3.05, 3.63) is 47.8 Å². The maximum atomic E-state index is 4.63. The fourth-order valence-electron chi connectivity index (χ4n) is 2.89. The maximum absolute atomic E-state index is 4.63. The van der Waals surface area contributed by atoms with E-state index in [1.807, 2.05) is 13.0 Å². The summed E-state index contributed by atoms with van der Waals surface area (Å²) in [5, 5.41) is 3.42. The van der Waals surface area contributed by atoms with Gasteiger partial charge in [0.05, 0.1) is 0 Å². The first-order chi connectivity index (χ1) is 10.8. The molecule has 22 heavy (non-hydrogen) atoms. The summed E-state index contributed by atoms with van der Waals surface area (Å²) in [5.74, 6) is 2.80. The molecule has 1 aromatic carbocycles. The van der Waals surface area contributed by atoms with Crippen LogP contribution in [-0.2, 0) is 6.54 Å². The van der Waals surface area contributed by atoms with Gasteiger partial charge in [0.15, 0.2) is 0 Å². The molecule has 1 aromatic heterocycles. The Balaban J connectivity index is 1.71. The Morgan fingerprint density at radius 2 is 1.73 bits per heavy atom. The van der Waals surface area contributed by atoms with Gasteiger partial charge in [0, 0.05) is 25.7 Å². The molecule has 1 aliphatic heterocycles. The number of hydrogen-bond acceptors (Lipinski definition) is 4. The Morgan fingerprint density at radius 1 is 1.00 bits per heavy atom. The van der Waals surface area contributed by atoms with Crippen LogP contribution in [0.5, 0.6) is 0 Å². The van der Waals surface area contributed by atoms with Gasteiger partial charge in [-0.05, 0) is 25.3 Å². The lowest BCUT2D eigenvalue weighted by atomic mass is 10.2. The summed E-state index contributed by atoms with van der Waals surface area (Å²) in [6.45, 7) is 4.97. The molecular weight excluding hydrogens is 272 g/mol. The van der Waals surface area contributed by atoms with Gasteiger partial charge in [-0.25, -0.2) is 9.97 Å². The van der Waals surface area contributed by atoms with Gasteiger partial charge in [-0.15, -0.1) is 0 Å². The standard InChI is InChI=1S/C18H24N4/c1-15-20-17(19-14-16-9-5-4-6-10-16)13-18(21-15)22-11-7-2-3-8-12-22/h4-6,9-10,13H,2-3,7-8,11-12,14H2,1H3,(H,19,20,21). The molecule has 0 aliphatic carbocycles. The smallest absolute Gasteiger partial charge is 0.134 e. The molecule has 0 atom stereocenters. The fraction of sp³-hybridized carbons (Fsp3) is 0.444. The Kier molecular flexibility index (Phi) is 4.88. The second-order valence-corrected chi connectivity index (χ2v) is 5.90. The van der Waals surface area contributed by atoms with Crippen molar-refractivity contribution in [1.82, 2.24) is 9.97 Å². The Bertz CT molecular complexity index is 589. The van der Waals surface area contributed by atoms with E-state index >= 15 is 0 Å². The molecular formula is C18H24N4. The van der Waals surface area contributed by atoms with Crippen molar-refractivity contribution in [1.29, 1.82) is 0 Å². The summed E-state index contributed by atoms with van der Waals surface area (Å²) in [5.41, 5.74) is 1.26. The molecule has 4 heteroatoms. The third-order valence-electron chi connectivity index (χ3n) is 4.07. The molecule has 1 saturated heterocycles. The molecule has 2 aromatic rings. The van der Waals surface area contributed by atoms with Crippen molar-refractivity contribution in [3.63, 3.8) is 0 Å². The molecule has 0 saturated carbocycles. The molecule has 1 fully saturated rings. The highest BCUT2D eigenvalue weighted by Crippen LogP contribution is 2.20. The summed E-state index contributed by atoms with van der Waals surface area (Å²) < 4.78 is 0. The molecule has 4 nitrogen and oxygen atoms in total. The number of nitrogens with one attached hydrogen (secondary N) is 1. The van der Waals surface area contributed by atoms with Gasteiger partial charge in [-0.2, -0.15) is 0 Å². The van der Waals surface area contributed by atoms with E-state index < -0.39 is 0 Å². The number of hydrogen-bond donors (Lipinski definition) is 1. The minimum atomic E-state index is 0.788. The molecule has 0 unspecified atom stereocenters. The number of nitrogens with zero attached hydrogens (tertiary/aromatic N) is 3. The minimum absolute atomic E-state index is 0.788. The summed E-state index contributed by atoms with van der Waals surface area (Å²) in [4.78, 5) is 11.5. The van der Waals surface area contributed by atoms with Crippen molar-refractivity contribution in [2.45, 2.75) is 39.2 Å². The first-order valence-corrected chi connectivity index (χ1v) is 8.20. The van der Waals surface area contributed by atoms with Gasteiger partial charge < -0.3 is 10.2 Å². The van der Waals surface area contributed by atoms with E-state index in [1.165, 1.54) is 31.2 Å². The van der Waals surface area contributed by atoms with E-state index in [0.717, 1.165) is 37.1 Å². The number of rotatable bonds is 4. The van der Waals surface area contributed by atoms with Crippen LogP contribution in [0.4, 0.5) is 11.6 Å². The first-order valence-electron chi connectivity index (χ1n) is 8.20. The third-order valence-corrected chi connectivity index (χ3v) is 4.07. The monoisotopic (exact) mass is 296 g/mol. The summed E-state index contributed by atoms with van der Waals surface area (Å²) in [6.07, 6.45) is 5.19. The second kappa shape index (κ2) is 7.25. The fourth-order valence-corrected chi connectivity index (χ4v) is 2.89. The van der Waals surface area contributed by atoms with Crippen LogP contribution in [0.1, 0.15) is 37.1 Å². The topological polar surface area (TPSA) is 41.1 Å². The van der Waals surface area contributed by atoms with E-state index in [-0.39, 0.29) is 0 Å². The van der Waals surface area contributed by atoms with Crippen LogP contribution in [0.25, 0.3) is 0 Å². The number of anilines is 2. The van der Waals surface area contributed by atoms with E-state index in [4.69, 9.17) is 0 Å². The Morgan fingerprint density at radius 3 is 2.45 bits per heavy atom. The first kappa shape index (κ1) is 14.8. The zero-order valence-electron chi connectivity index (χ0n) is 13.3. The highest BCUT2D eigenvalue weighted by Gasteiger charge is 2.12. The Hall–Kier alpha value is -2.10. The van der Waals surface area contributed by atoms with Gasteiger partial charge in [0.25, 0.3) is 0 Å². The molecule has 0 amide bonds. The average molecular weight is 296 g/mol. The van der Waals surface area contributed by atoms with Crippen molar-refractivity contribution in [2.75, 3.05) is 23.3 Å². The number of aromatic nitrogens is 2. The summed E-state index contributed by atoms with van der Waals surface area (Å²) >= 11 is 0. The second-order valence-electron chi connectivity index (χ2n) is 5.90. The largest absolute Gasteiger partial charge is 0.366 e. The summed E-state index contributed by atoms with van der Waals surface area (Å²) in [7, 11) is 0. The molecule has 2 heterocycles. The van der Waals surface area contributed by atoms with Gasteiger partial charge in [-0.1, -0.05) is 43.2 Å². The predicted octanol–water partition coefficient (Wildman–Crippen LogP) is 3.78. The maximum Gasteiger partial charge on any atom is 0.134 e. The summed E-state index contributed by atoms with van der Waals surface area (Å²) in [6, 6.07) is 12.5. The highest BCUT2D eigenvalue weighted by molar-refractivity contribution is 5.49. The van der Waals surface area contributed by atoms with Crippen molar-refractivity contribution >= 4 is 11.6 Å². The lowest BCUT2D eigenvalue weighted by Crippen LogP contribution is -2.25. The number of aryl methyl sites for hydroxylation is 1. The molecule has 0 radical (unpaired) electrons. The lowest BCUT2D eigenvalue weighted by Gasteiger charge is -2.22. The average Bonchev–Trinajstić information content (AvgIpc) is 2.83. The van der Waals surface area contributed by atoms with E-state index in [0.29, 0.717) is 0 Å². The molecule has 1 N–H and O–H groups in total. The van der Waals surface area contributed by atoms with Crippen LogP contribution in [0.15, 0.2) is 36.4 Å². The van der Waals surface area contributed by atoms with E-state index in [2.05, 4.69) is 50.5 Å². The van der Waals surface area contributed by atoms with Crippen LogP contribution in [-0.4, -0.2) is 23.1 Å². The zero-order chi connectivity index (χ0) is 15.2. The van der Waals surface area contributed by atoms with Crippen LogP contribution < -0.4 is 10.2 Å². The number of benzene rings is 1. The Labute approximate surface area is 132 Å². The molecule has 0 spiro atoms. The van der Waals surface area contributed by atoms with Gasteiger partial charge in [0.2, 0.25) is 0 Å². The lowest BCUT2D eigenvalue weighted by molar-refractivity contribution is 0.726. The SMILES string of the molecule is Cc1nc(NCc2ccccc2)cc(N2CCCCCC2)n1.